The van der Waals surface area contributed by atoms with Crippen molar-refractivity contribution in [2.45, 2.75) is 0 Å². The maximum absolute atomic E-state index is 12.3. The van der Waals surface area contributed by atoms with Gasteiger partial charge < -0.3 is 16.0 Å². The van der Waals surface area contributed by atoms with E-state index in [1.165, 1.54) is 0 Å². The maximum Gasteiger partial charge on any atom is 0.324 e. The monoisotopic (exact) mass is 338 g/mol. The SMILES string of the molecule is O=C(Nc1ccccc1NCC(=O)N1CCNC1=O)c1ccccc1. The number of urea groups is 1. The van der Waals surface area contributed by atoms with Crippen LogP contribution in [0.15, 0.2) is 54.6 Å². The van der Waals surface area contributed by atoms with Gasteiger partial charge in [0, 0.05) is 18.7 Å². The fraction of sp³-hybridized carbons (Fsp3) is 0.167. The minimum atomic E-state index is -0.377. The van der Waals surface area contributed by atoms with Crippen LogP contribution in [0.1, 0.15) is 10.4 Å². The Hall–Kier alpha value is -3.35. The first-order valence-electron chi connectivity index (χ1n) is 7.92. The van der Waals surface area contributed by atoms with E-state index in [0.29, 0.717) is 30.0 Å². The van der Waals surface area contributed by atoms with E-state index in [0.717, 1.165) is 4.90 Å². The van der Waals surface area contributed by atoms with Gasteiger partial charge in [-0.2, -0.15) is 0 Å². The molecule has 0 spiro atoms. The summed E-state index contributed by atoms with van der Waals surface area (Å²) in [6.45, 7) is 0.797. The molecule has 2 aromatic carbocycles. The lowest BCUT2D eigenvalue weighted by atomic mass is 10.2. The molecule has 3 N–H and O–H groups in total. The lowest BCUT2D eigenvalue weighted by molar-refractivity contribution is -0.125. The highest BCUT2D eigenvalue weighted by molar-refractivity contribution is 6.06. The van der Waals surface area contributed by atoms with Crippen molar-refractivity contribution in [3.8, 4) is 0 Å². The molecule has 0 bridgehead atoms. The topological polar surface area (TPSA) is 90.5 Å². The number of amides is 4. The zero-order valence-electron chi connectivity index (χ0n) is 13.5. The van der Waals surface area contributed by atoms with Crippen LogP contribution >= 0.6 is 0 Å². The minimum absolute atomic E-state index is 0.0361. The zero-order chi connectivity index (χ0) is 17.6. The molecule has 1 aliphatic heterocycles. The highest BCUT2D eigenvalue weighted by Gasteiger charge is 2.25. The number of benzene rings is 2. The van der Waals surface area contributed by atoms with Gasteiger partial charge in [0.25, 0.3) is 5.91 Å². The summed E-state index contributed by atoms with van der Waals surface area (Å²) in [5, 5.41) is 8.39. The molecule has 128 valence electrons. The van der Waals surface area contributed by atoms with Crippen molar-refractivity contribution in [1.29, 1.82) is 0 Å². The van der Waals surface area contributed by atoms with Crippen molar-refractivity contribution >= 4 is 29.2 Å². The second kappa shape index (κ2) is 7.48. The van der Waals surface area contributed by atoms with Crippen molar-refractivity contribution in [2.24, 2.45) is 0 Å². The van der Waals surface area contributed by atoms with E-state index in [9.17, 15) is 14.4 Å². The first kappa shape index (κ1) is 16.5. The van der Waals surface area contributed by atoms with Crippen LogP contribution < -0.4 is 16.0 Å². The minimum Gasteiger partial charge on any atom is -0.374 e. The summed E-state index contributed by atoms with van der Waals surface area (Å²) in [5.74, 6) is -0.556. The molecular formula is C18H18N4O3. The Bertz CT molecular complexity index is 792. The highest BCUT2D eigenvalue weighted by atomic mass is 16.2. The van der Waals surface area contributed by atoms with Gasteiger partial charge in [-0.15, -0.1) is 0 Å². The van der Waals surface area contributed by atoms with E-state index in [-0.39, 0.29) is 24.4 Å². The average Bonchev–Trinajstić information content (AvgIpc) is 3.07. The predicted octanol–water partition coefficient (Wildman–Crippen LogP) is 1.90. The number of anilines is 2. The van der Waals surface area contributed by atoms with E-state index in [1.807, 2.05) is 6.07 Å². The molecule has 2 aromatic rings. The Morgan fingerprint density at radius 3 is 2.36 bits per heavy atom. The lowest BCUT2D eigenvalue weighted by Gasteiger charge is -2.15. The summed E-state index contributed by atoms with van der Waals surface area (Å²) in [7, 11) is 0. The Morgan fingerprint density at radius 2 is 1.68 bits per heavy atom. The summed E-state index contributed by atoms with van der Waals surface area (Å²) in [5.41, 5.74) is 1.72. The van der Waals surface area contributed by atoms with Crippen LogP contribution in [0.5, 0.6) is 0 Å². The first-order chi connectivity index (χ1) is 12.1. The Labute approximate surface area is 145 Å². The number of rotatable bonds is 5. The Balaban J connectivity index is 1.65. The number of nitrogens with zero attached hydrogens (tertiary/aromatic N) is 1. The number of hydrogen-bond acceptors (Lipinski definition) is 4. The number of nitrogens with one attached hydrogen (secondary N) is 3. The molecular weight excluding hydrogens is 320 g/mol. The third kappa shape index (κ3) is 3.95. The van der Waals surface area contributed by atoms with Crippen LogP contribution in [0.4, 0.5) is 16.2 Å². The van der Waals surface area contributed by atoms with Crippen LogP contribution in [-0.2, 0) is 4.79 Å². The molecule has 7 heteroatoms. The van der Waals surface area contributed by atoms with Crippen LogP contribution in [-0.4, -0.2) is 42.4 Å². The Morgan fingerprint density at radius 1 is 1.00 bits per heavy atom. The van der Waals surface area contributed by atoms with E-state index in [1.54, 1.807) is 48.5 Å². The largest absolute Gasteiger partial charge is 0.374 e. The number of carbonyl (C=O) groups excluding carboxylic acids is 3. The second-order valence-corrected chi connectivity index (χ2v) is 5.50. The van der Waals surface area contributed by atoms with Gasteiger partial charge in [0.2, 0.25) is 5.91 Å². The van der Waals surface area contributed by atoms with Crippen molar-refractivity contribution in [2.75, 3.05) is 30.3 Å². The standard InChI is InChI=1S/C18H18N4O3/c23-16(22-11-10-19-18(22)25)12-20-14-8-4-5-9-15(14)21-17(24)13-6-2-1-3-7-13/h1-9,20H,10-12H2,(H,19,25)(H,21,24). The normalized spacial score (nSPS) is 13.3. The smallest absolute Gasteiger partial charge is 0.324 e. The molecule has 25 heavy (non-hydrogen) atoms. The van der Waals surface area contributed by atoms with Crippen LogP contribution in [0.2, 0.25) is 0 Å². The summed E-state index contributed by atoms with van der Waals surface area (Å²) < 4.78 is 0. The number of carbonyl (C=O) groups is 3. The van der Waals surface area contributed by atoms with Crippen LogP contribution in [0.3, 0.4) is 0 Å². The molecule has 0 aliphatic carbocycles. The van der Waals surface area contributed by atoms with E-state index < -0.39 is 0 Å². The summed E-state index contributed by atoms with van der Waals surface area (Å²) >= 11 is 0. The zero-order valence-corrected chi connectivity index (χ0v) is 13.5. The number of imide groups is 1. The van der Waals surface area contributed by atoms with Gasteiger partial charge in [0.05, 0.1) is 17.9 Å². The molecule has 0 aromatic heterocycles. The predicted molar refractivity (Wildman–Crippen MR) is 94.4 cm³/mol. The Kier molecular flexibility index (Phi) is 4.94. The summed E-state index contributed by atoms with van der Waals surface area (Å²) in [4.78, 5) is 37.1. The van der Waals surface area contributed by atoms with Crippen molar-refractivity contribution < 1.29 is 14.4 Å². The van der Waals surface area contributed by atoms with Gasteiger partial charge in [0.1, 0.15) is 0 Å². The molecule has 0 atom stereocenters. The van der Waals surface area contributed by atoms with Gasteiger partial charge in [-0.1, -0.05) is 30.3 Å². The van der Waals surface area contributed by atoms with Gasteiger partial charge >= 0.3 is 6.03 Å². The molecule has 0 unspecified atom stereocenters. The lowest BCUT2D eigenvalue weighted by Crippen LogP contribution is -2.38. The van der Waals surface area contributed by atoms with Crippen LogP contribution in [0, 0.1) is 0 Å². The molecule has 1 aliphatic rings. The molecule has 0 saturated carbocycles. The van der Waals surface area contributed by atoms with Crippen LogP contribution in [0.25, 0.3) is 0 Å². The molecule has 1 saturated heterocycles. The van der Waals surface area contributed by atoms with Gasteiger partial charge in [-0.05, 0) is 24.3 Å². The fourth-order valence-electron chi connectivity index (χ4n) is 2.51. The fourth-order valence-corrected chi connectivity index (χ4v) is 2.51. The van der Waals surface area contributed by atoms with E-state index >= 15 is 0 Å². The third-order valence-electron chi connectivity index (χ3n) is 3.80. The summed E-state index contributed by atoms with van der Waals surface area (Å²) in [6, 6.07) is 15.6. The maximum atomic E-state index is 12.3. The van der Waals surface area contributed by atoms with Gasteiger partial charge in [-0.25, -0.2) is 4.79 Å². The average molecular weight is 338 g/mol. The number of para-hydroxylation sites is 2. The highest BCUT2D eigenvalue weighted by Crippen LogP contribution is 2.21. The van der Waals surface area contributed by atoms with Crippen molar-refractivity contribution in [1.82, 2.24) is 10.2 Å². The molecule has 7 nitrogen and oxygen atoms in total. The quantitative estimate of drug-likeness (QED) is 0.777. The molecule has 4 amide bonds. The molecule has 0 radical (unpaired) electrons. The molecule has 3 rings (SSSR count). The van der Waals surface area contributed by atoms with E-state index in [2.05, 4.69) is 16.0 Å². The van der Waals surface area contributed by atoms with Gasteiger partial charge in [-0.3, -0.25) is 14.5 Å². The molecule has 1 fully saturated rings. The third-order valence-corrected chi connectivity index (χ3v) is 3.80. The summed E-state index contributed by atoms with van der Waals surface area (Å²) in [6.07, 6.45) is 0. The van der Waals surface area contributed by atoms with Crippen molar-refractivity contribution in [3.63, 3.8) is 0 Å². The van der Waals surface area contributed by atoms with E-state index in [4.69, 9.17) is 0 Å². The second-order valence-electron chi connectivity index (χ2n) is 5.50. The van der Waals surface area contributed by atoms with Crippen molar-refractivity contribution in [3.05, 3.63) is 60.2 Å². The number of hydrogen-bond donors (Lipinski definition) is 3. The first-order valence-corrected chi connectivity index (χ1v) is 7.92. The van der Waals surface area contributed by atoms with Gasteiger partial charge in [0.15, 0.2) is 0 Å². The molecule has 1 heterocycles.